The lowest BCUT2D eigenvalue weighted by Gasteiger charge is -2.06. The molecule has 3 nitrogen and oxygen atoms in total. The van der Waals surface area contributed by atoms with Crippen LogP contribution in [0.4, 0.5) is 5.69 Å². The molecule has 0 aromatic heterocycles. The van der Waals surface area contributed by atoms with E-state index in [1.807, 2.05) is 24.3 Å². The van der Waals surface area contributed by atoms with Gasteiger partial charge in [-0.3, -0.25) is 4.79 Å². The molecule has 0 aliphatic heterocycles. The van der Waals surface area contributed by atoms with Crippen LogP contribution in [0.5, 0.6) is 0 Å². The zero-order chi connectivity index (χ0) is 15.7. The normalized spacial score (nSPS) is 18.5. The highest BCUT2D eigenvalue weighted by Gasteiger charge is 2.68. The number of carbonyl (C=O) groups excluding carboxylic acids is 1. The van der Waals surface area contributed by atoms with Gasteiger partial charge in [0.2, 0.25) is 5.91 Å². The van der Waals surface area contributed by atoms with Gasteiger partial charge >= 0.3 is 0 Å². The molecular weight excluding hydrogens is 262 g/mol. The topological polar surface area (TPSA) is 49.3 Å². The van der Waals surface area contributed by atoms with E-state index in [4.69, 9.17) is 5.11 Å². The molecule has 0 unspecified atom stereocenters. The molecule has 2 N–H and O–H groups in total. The Morgan fingerprint density at radius 2 is 1.95 bits per heavy atom. The highest BCUT2D eigenvalue weighted by atomic mass is 16.2. The largest absolute Gasteiger partial charge is 0.395 e. The Morgan fingerprint density at radius 1 is 1.29 bits per heavy atom. The van der Waals surface area contributed by atoms with Gasteiger partial charge in [-0.1, -0.05) is 45.6 Å². The standard InChI is InChI=1S/C18H23NO2/c1-17(2)15(18(17,3)4)16(21)19-14-10-7-9-13(12-14)8-5-6-11-20/h7,9-10,12,15,20H,6,11H2,1-4H3,(H,19,21). The third-order valence-electron chi connectivity index (χ3n) is 4.88. The van der Waals surface area contributed by atoms with Gasteiger partial charge in [0.1, 0.15) is 0 Å². The number of nitrogens with one attached hydrogen (secondary N) is 1. The average Bonchev–Trinajstić information content (AvgIpc) is 2.80. The number of amides is 1. The number of hydrogen-bond acceptors (Lipinski definition) is 2. The van der Waals surface area contributed by atoms with E-state index in [0.717, 1.165) is 11.3 Å². The van der Waals surface area contributed by atoms with Gasteiger partial charge in [0.05, 0.1) is 6.61 Å². The number of carbonyl (C=O) groups is 1. The molecule has 1 aliphatic carbocycles. The lowest BCUT2D eigenvalue weighted by atomic mass is 10.0. The fourth-order valence-electron chi connectivity index (χ4n) is 2.96. The molecule has 0 heterocycles. The number of anilines is 1. The first-order valence-electron chi connectivity index (χ1n) is 7.31. The Kier molecular flexibility index (Phi) is 4.11. The minimum Gasteiger partial charge on any atom is -0.395 e. The molecule has 0 bridgehead atoms. The summed E-state index contributed by atoms with van der Waals surface area (Å²) >= 11 is 0. The highest BCUT2D eigenvalue weighted by molar-refractivity contribution is 5.96. The third-order valence-corrected chi connectivity index (χ3v) is 4.88. The van der Waals surface area contributed by atoms with Crippen molar-refractivity contribution in [3.05, 3.63) is 29.8 Å². The Bertz CT molecular complexity index is 591. The van der Waals surface area contributed by atoms with Gasteiger partial charge in [-0.2, -0.15) is 0 Å². The second-order valence-electron chi connectivity index (χ2n) is 6.72. The van der Waals surface area contributed by atoms with Crippen molar-refractivity contribution in [2.75, 3.05) is 11.9 Å². The summed E-state index contributed by atoms with van der Waals surface area (Å²) in [6, 6.07) is 7.51. The summed E-state index contributed by atoms with van der Waals surface area (Å²) in [6.45, 7) is 8.60. The predicted octanol–water partition coefficient (Wildman–Crippen LogP) is 3.04. The van der Waals surface area contributed by atoms with Crippen LogP contribution in [0.25, 0.3) is 0 Å². The van der Waals surface area contributed by atoms with E-state index in [2.05, 4.69) is 44.9 Å². The number of aliphatic hydroxyl groups is 1. The lowest BCUT2D eigenvalue weighted by Crippen LogP contribution is -2.17. The first-order chi connectivity index (χ1) is 9.80. The van der Waals surface area contributed by atoms with Gasteiger partial charge in [0, 0.05) is 23.6 Å². The summed E-state index contributed by atoms with van der Waals surface area (Å²) in [5, 5.41) is 11.7. The van der Waals surface area contributed by atoms with Crippen LogP contribution in [-0.4, -0.2) is 17.6 Å². The zero-order valence-electron chi connectivity index (χ0n) is 13.2. The Balaban J connectivity index is 2.06. The van der Waals surface area contributed by atoms with Crippen molar-refractivity contribution in [2.24, 2.45) is 16.7 Å². The van der Waals surface area contributed by atoms with Crippen LogP contribution >= 0.6 is 0 Å². The molecule has 1 aliphatic rings. The number of benzene rings is 1. The Labute approximate surface area is 126 Å². The molecule has 1 fully saturated rings. The van der Waals surface area contributed by atoms with E-state index in [9.17, 15) is 4.79 Å². The van der Waals surface area contributed by atoms with Gasteiger partial charge in [-0.25, -0.2) is 0 Å². The van der Waals surface area contributed by atoms with E-state index in [-0.39, 0.29) is 29.3 Å². The van der Waals surface area contributed by atoms with Crippen LogP contribution in [0.2, 0.25) is 0 Å². The average molecular weight is 285 g/mol. The van der Waals surface area contributed by atoms with Gasteiger partial charge in [-0.05, 0) is 29.0 Å². The molecule has 0 atom stereocenters. The van der Waals surface area contributed by atoms with Crippen LogP contribution in [0.3, 0.4) is 0 Å². The van der Waals surface area contributed by atoms with Crippen LogP contribution in [0, 0.1) is 28.6 Å². The van der Waals surface area contributed by atoms with E-state index in [1.165, 1.54) is 0 Å². The molecular formula is C18H23NO2. The number of aliphatic hydroxyl groups excluding tert-OH is 1. The maximum Gasteiger partial charge on any atom is 0.228 e. The van der Waals surface area contributed by atoms with E-state index in [0.29, 0.717) is 6.42 Å². The molecule has 1 aromatic carbocycles. The van der Waals surface area contributed by atoms with Crippen molar-refractivity contribution in [1.82, 2.24) is 0 Å². The summed E-state index contributed by atoms with van der Waals surface area (Å²) in [6.07, 6.45) is 0.459. The van der Waals surface area contributed by atoms with Crippen molar-refractivity contribution in [2.45, 2.75) is 34.1 Å². The fraction of sp³-hybridized carbons (Fsp3) is 0.500. The predicted molar refractivity (Wildman–Crippen MR) is 84.7 cm³/mol. The first kappa shape index (κ1) is 15.6. The molecule has 112 valence electrons. The summed E-state index contributed by atoms with van der Waals surface area (Å²) in [5.41, 5.74) is 1.69. The molecule has 2 rings (SSSR count). The molecule has 3 heteroatoms. The number of rotatable bonds is 3. The van der Waals surface area contributed by atoms with Gasteiger partial charge in [0.15, 0.2) is 0 Å². The SMILES string of the molecule is CC1(C)C(C(=O)Nc2cccc(C#CCCO)c2)C1(C)C. The van der Waals surface area contributed by atoms with Crippen molar-refractivity contribution in [3.63, 3.8) is 0 Å². The van der Waals surface area contributed by atoms with E-state index < -0.39 is 0 Å². The van der Waals surface area contributed by atoms with Crippen LogP contribution in [0.1, 0.15) is 39.7 Å². The summed E-state index contributed by atoms with van der Waals surface area (Å²) in [7, 11) is 0. The second-order valence-corrected chi connectivity index (χ2v) is 6.72. The highest BCUT2D eigenvalue weighted by Crippen LogP contribution is 2.68. The van der Waals surface area contributed by atoms with Crippen molar-refractivity contribution < 1.29 is 9.90 Å². The minimum absolute atomic E-state index is 0.0362. The molecule has 0 radical (unpaired) electrons. The summed E-state index contributed by atoms with van der Waals surface area (Å²) < 4.78 is 0. The van der Waals surface area contributed by atoms with Crippen LogP contribution in [-0.2, 0) is 4.79 Å². The molecule has 1 amide bonds. The maximum atomic E-state index is 12.4. The monoisotopic (exact) mass is 285 g/mol. The summed E-state index contributed by atoms with van der Waals surface area (Å²) in [4.78, 5) is 12.4. The Hall–Kier alpha value is -1.79. The van der Waals surface area contributed by atoms with Crippen LogP contribution in [0.15, 0.2) is 24.3 Å². The van der Waals surface area contributed by atoms with Crippen LogP contribution < -0.4 is 5.32 Å². The lowest BCUT2D eigenvalue weighted by molar-refractivity contribution is -0.118. The minimum atomic E-state index is 0.0362. The second kappa shape index (κ2) is 5.54. The van der Waals surface area contributed by atoms with Crippen molar-refractivity contribution in [3.8, 4) is 11.8 Å². The smallest absolute Gasteiger partial charge is 0.228 e. The van der Waals surface area contributed by atoms with E-state index >= 15 is 0 Å². The molecule has 0 saturated heterocycles. The molecule has 1 saturated carbocycles. The zero-order valence-corrected chi connectivity index (χ0v) is 13.2. The summed E-state index contributed by atoms with van der Waals surface area (Å²) in [5.74, 6) is 5.97. The van der Waals surface area contributed by atoms with Gasteiger partial charge < -0.3 is 10.4 Å². The van der Waals surface area contributed by atoms with Gasteiger partial charge in [-0.15, -0.1) is 0 Å². The third kappa shape index (κ3) is 2.96. The fourth-order valence-corrected chi connectivity index (χ4v) is 2.96. The molecule has 21 heavy (non-hydrogen) atoms. The quantitative estimate of drug-likeness (QED) is 0.839. The Morgan fingerprint density at radius 3 is 2.52 bits per heavy atom. The first-order valence-corrected chi connectivity index (χ1v) is 7.31. The van der Waals surface area contributed by atoms with Crippen molar-refractivity contribution in [1.29, 1.82) is 0 Å². The van der Waals surface area contributed by atoms with Gasteiger partial charge in [0.25, 0.3) is 0 Å². The van der Waals surface area contributed by atoms with Crippen molar-refractivity contribution >= 4 is 11.6 Å². The maximum absolute atomic E-state index is 12.4. The molecule has 1 aromatic rings. The molecule has 0 spiro atoms. The number of hydrogen-bond donors (Lipinski definition) is 2. The van der Waals surface area contributed by atoms with E-state index in [1.54, 1.807) is 0 Å².